The van der Waals surface area contributed by atoms with Crippen LogP contribution in [0.1, 0.15) is 41.4 Å². The number of aliphatic hydroxyl groups is 1. The van der Waals surface area contributed by atoms with Crippen LogP contribution in [0.3, 0.4) is 0 Å². The second kappa shape index (κ2) is 9.36. The third-order valence-corrected chi connectivity index (χ3v) is 6.15. The molecule has 4 rings (SSSR count). The molecule has 1 aliphatic heterocycles. The Bertz CT molecular complexity index is 1220. The number of pyridine rings is 1. The lowest BCUT2D eigenvalue weighted by molar-refractivity contribution is 0.0657. The number of carboxylic acids is 1. The van der Waals surface area contributed by atoms with Crippen molar-refractivity contribution in [2.24, 2.45) is 7.05 Å². The number of carboxylic acid groups (broad SMARTS) is 1. The lowest BCUT2D eigenvalue weighted by Crippen LogP contribution is -2.38. The number of hydrogen-bond acceptors (Lipinski definition) is 5. The maximum atomic E-state index is 12.3. The number of halogens is 1. The molecule has 32 heavy (non-hydrogen) atoms. The third kappa shape index (κ3) is 4.26. The number of aromatic carboxylic acids is 1. The second-order valence-corrected chi connectivity index (χ2v) is 8.19. The smallest absolute Gasteiger partial charge is 0.345 e. The van der Waals surface area contributed by atoms with Crippen molar-refractivity contribution in [1.82, 2.24) is 14.5 Å². The largest absolute Gasteiger partial charge is 0.506 e. The number of aromatic nitrogens is 2. The van der Waals surface area contributed by atoms with Gasteiger partial charge in [0.25, 0.3) is 5.56 Å². The summed E-state index contributed by atoms with van der Waals surface area (Å²) in [5.41, 5.74) is 2.23. The van der Waals surface area contributed by atoms with Crippen molar-refractivity contribution in [3.8, 4) is 17.0 Å². The molecule has 4 N–H and O–H groups in total. The fourth-order valence-electron chi connectivity index (χ4n) is 4.54. The average Bonchev–Trinajstić information content (AvgIpc) is 3.02. The third-order valence-electron chi connectivity index (χ3n) is 6.15. The summed E-state index contributed by atoms with van der Waals surface area (Å²) in [6.07, 6.45) is 1.92. The lowest BCUT2D eigenvalue weighted by atomic mass is 9.99. The summed E-state index contributed by atoms with van der Waals surface area (Å²) in [5.74, 6) is -1.93. The van der Waals surface area contributed by atoms with Crippen molar-refractivity contribution in [3.05, 3.63) is 51.4 Å². The Morgan fingerprint density at radius 2 is 2.03 bits per heavy atom. The van der Waals surface area contributed by atoms with Crippen LogP contribution >= 0.6 is 12.4 Å². The Morgan fingerprint density at radius 3 is 2.69 bits per heavy atom. The summed E-state index contributed by atoms with van der Waals surface area (Å²) < 4.78 is 2.12. The number of H-pyrrole nitrogens is 1. The Kier molecular flexibility index (Phi) is 6.97. The number of likely N-dealkylation sites (tertiary alicyclic amines) is 1. The molecule has 1 unspecified atom stereocenters. The van der Waals surface area contributed by atoms with Crippen LogP contribution in [-0.4, -0.2) is 54.9 Å². The molecule has 0 aliphatic carbocycles. The van der Waals surface area contributed by atoms with Crippen molar-refractivity contribution in [3.63, 3.8) is 0 Å². The van der Waals surface area contributed by atoms with E-state index in [0.717, 1.165) is 42.5 Å². The van der Waals surface area contributed by atoms with Gasteiger partial charge >= 0.3 is 5.97 Å². The van der Waals surface area contributed by atoms with Gasteiger partial charge in [-0.1, -0.05) is 13.0 Å². The van der Waals surface area contributed by atoms with E-state index in [4.69, 9.17) is 0 Å². The molecule has 1 aromatic carbocycles. The number of hydrogen-bond donors (Lipinski definition) is 4. The highest BCUT2D eigenvalue weighted by Crippen LogP contribution is 2.32. The van der Waals surface area contributed by atoms with Crippen LogP contribution in [0.25, 0.3) is 22.2 Å². The van der Waals surface area contributed by atoms with Gasteiger partial charge in [-0.05, 0) is 49.6 Å². The van der Waals surface area contributed by atoms with Crippen molar-refractivity contribution in [2.75, 3.05) is 13.1 Å². The monoisotopic (exact) mass is 461 g/mol. The van der Waals surface area contributed by atoms with E-state index in [-0.39, 0.29) is 18.5 Å². The number of aromatic amines is 1. The minimum absolute atomic E-state index is 0. The van der Waals surface area contributed by atoms with E-state index in [1.54, 1.807) is 6.92 Å². The first kappa shape index (κ1) is 23.8. The number of carbonyl (C=O) groups is 1. The van der Waals surface area contributed by atoms with Crippen molar-refractivity contribution >= 4 is 29.3 Å². The summed E-state index contributed by atoms with van der Waals surface area (Å²) in [6, 6.07) is 7.85. The molecule has 0 spiro atoms. The van der Waals surface area contributed by atoms with Crippen LogP contribution in [0, 0.1) is 0 Å². The fourth-order valence-corrected chi connectivity index (χ4v) is 4.54. The molecule has 172 valence electrons. The minimum atomic E-state index is -1.45. The number of β-amino-alcohol motifs (C(OH)–C–C–N with tert-alkyl or cyclic N) is 1. The van der Waals surface area contributed by atoms with Gasteiger partial charge in [-0.3, -0.25) is 9.69 Å². The highest BCUT2D eigenvalue weighted by Gasteiger charge is 2.23. The normalized spacial score (nSPS) is 16.8. The summed E-state index contributed by atoms with van der Waals surface area (Å²) in [4.78, 5) is 28.5. The molecule has 1 aliphatic rings. The molecule has 1 saturated heterocycles. The number of benzene rings is 1. The SMILES string of the molecule is CCc1c(-c2ccc3c(c2)cc(CN2CCCC(O)C2)n3C)[nH]c(=O)c(C(=O)O)c1O.Cl. The molecule has 0 bridgehead atoms. The molecule has 1 fully saturated rings. The van der Waals surface area contributed by atoms with Crippen molar-refractivity contribution in [1.29, 1.82) is 0 Å². The fraction of sp³-hybridized carbons (Fsp3) is 0.391. The van der Waals surface area contributed by atoms with E-state index >= 15 is 0 Å². The standard InChI is InChI=1S/C23H27N3O5.ClH/c1-3-17-20(24-22(29)19(21(17)28)23(30)31)13-6-7-18-14(9-13)10-15(25(18)2)11-26-8-4-5-16(27)12-26;/h6-7,9-10,16,27H,3-5,8,11-12H2,1-2H3,(H,30,31)(H2,24,28,29);1H. The van der Waals surface area contributed by atoms with Gasteiger partial charge in [0.15, 0.2) is 5.56 Å². The zero-order valence-electron chi connectivity index (χ0n) is 18.1. The van der Waals surface area contributed by atoms with Gasteiger partial charge in [-0.25, -0.2) is 4.79 Å². The number of fused-ring (bicyclic) bond motifs is 1. The molecule has 8 nitrogen and oxygen atoms in total. The van der Waals surface area contributed by atoms with E-state index in [9.17, 15) is 24.9 Å². The Hall–Kier alpha value is -2.81. The van der Waals surface area contributed by atoms with E-state index in [1.165, 1.54) is 0 Å². The summed E-state index contributed by atoms with van der Waals surface area (Å²) in [5, 5.41) is 30.6. The molecule has 3 aromatic rings. The Morgan fingerprint density at radius 1 is 1.28 bits per heavy atom. The topological polar surface area (TPSA) is 119 Å². The zero-order chi connectivity index (χ0) is 22.3. The van der Waals surface area contributed by atoms with Gasteiger partial charge in [-0.2, -0.15) is 0 Å². The highest BCUT2D eigenvalue weighted by molar-refractivity contribution is 5.92. The quantitative estimate of drug-likeness (QED) is 0.464. The maximum Gasteiger partial charge on any atom is 0.345 e. The predicted octanol–water partition coefficient (Wildman–Crippen LogP) is 2.88. The molecule has 3 heterocycles. The molecular formula is C23H28ClN3O5. The maximum absolute atomic E-state index is 12.3. The zero-order valence-corrected chi connectivity index (χ0v) is 18.9. The Labute approximate surface area is 191 Å². The van der Waals surface area contributed by atoms with Gasteiger partial charge in [0.1, 0.15) is 5.75 Å². The average molecular weight is 462 g/mol. The summed E-state index contributed by atoms with van der Waals surface area (Å²) in [6.45, 7) is 4.17. The first-order valence-electron chi connectivity index (χ1n) is 10.5. The van der Waals surface area contributed by atoms with E-state index in [1.807, 2.05) is 25.2 Å². The van der Waals surface area contributed by atoms with Crippen LogP contribution in [0.4, 0.5) is 0 Å². The summed E-state index contributed by atoms with van der Waals surface area (Å²) in [7, 11) is 2.00. The number of rotatable bonds is 5. The van der Waals surface area contributed by atoms with Gasteiger partial charge in [0, 0.05) is 42.3 Å². The van der Waals surface area contributed by atoms with Crippen LogP contribution in [-0.2, 0) is 20.0 Å². The number of aryl methyl sites for hydroxylation is 1. The number of aromatic hydroxyl groups is 1. The molecule has 9 heteroatoms. The molecule has 0 amide bonds. The minimum Gasteiger partial charge on any atom is -0.506 e. The molecule has 0 saturated carbocycles. The first-order chi connectivity index (χ1) is 14.8. The number of aliphatic hydroxyl groups excluding tert-OH is 1. The van der Waals surface area contributed by atoms with E-state index in [2.05, 4.69) is 20.5 Å². The van der Waals surface area contributed by atoms with Gasteiger partial charge in [-0.15, -0.1) is 12.4 Å². The number of piperidine rings is 1. The molecular weight excluding hydrogens is 434 g/mol. The summed E-state index contributed by atoms with van der Waals surface area (Å²) >= 11 is 0. The van der Waals surface area contributed by atoms with E-state index < -0.39 is 22.8 Å². The van der Waals surface area contributed by atoms with Crippen molar-refractivity contribution in [2.45, 2.75) is 38.8 Å². The van der Waals surface area contributed by atoms with Crippen LogP contribution in [0.5, 0.6) is 5.75 Å². The molecule has 0 radical (unpaired) electrons. The van der Waals surface area contributed by atoms with Gasteiger partial charge < -0.3 is 24.9 Å². The highest BCUT2D eigenvalue weighted by atomic mass is 35.5. The predicted molar refractivity (Wildman–Crippen MR) is 125 cm³/mol. The molecule has 1 atom stereocenters. The molecule has 2 aromatic heterocycles. The van der Waals surface area contributed by atoms with Crippen LogP contribution < -0.4 is 5.56 Å². The Balaban J connectivity index is 0.00000289. The number of nitrogens with zero attached hydrogens (tertiary/aromatic N) is 2. The van der Waals surface area contributed by atoms with Gasteiger partial charge in [0.2, 0.25) is 0 Å². The van der Waals surface area contributed by atoms with Crippen LogP contribution in [0.2, 0.25) is 0 Å². The van der Waals surface area contributed by atoms with Crippen LogP contribution in [0.15, 0.2) is 29.1 Å². The van der Waals surface area contributed by atoms with Crippen molar-refractivity contribution < 1.29 is 20.1 Å². The first-order valence-corrected chi connectivity index (χ1v) is 10.5. The van der Waals surface area contributed by atoms with E-state index in [0.29, 0.717) is 29.8 Å². The number of nitrogens with one attached hydrogen (secondary N) is 1. The van der Waals surface area contributed by atoms with Gasteiger partial charge in [0.05, 0.1) is 11.8 Å². The lowest BCUT2D eigenvalue weighted by Gasteiger charge is -2.29. The second-order valence-electron chi connectivity index (χ2n) is 8.19.